The van der Waals surface area contributed by atoms with Crippen LogP contribution in [0.5, 0.6) is 0 Å². The van der Waals surface area contributed by atoms with Gasteiger partial charge in [0.15, 0.2) is 0 Å². The summed E-state index contributed by atoms with van der Waals surface area (Å²) in [7, 11) is 0. The van der Waals surface area contributed by atoms with Crippen molar-refractivity contribution in [3.05, 3.63) is 9.66 Å². The van der Waals surface area contributed by atoms with Crippen LogP contribution in [0.1, 0.15) is 20.3 Å². The average molecular weight is 266 g/mol. The van der Waals surface area contributed by atoms with Crippen molar-refractivity contribution < 1.29 is 9.53 Å². The molecule has 0 aromatic carbocycles. The molecular formula is C8H11IO2. The number of cyclic esters (lactones) is 1. The Morgan fingerprint density at radius 3 is 2.82 bits per heavy atom. The van der Waals surface area contributed by atoms with Gasteiger partial charge in [0.25, 0.3) is 0 Å². The minimum Gasteiger partial charge on any atom is -0.457 e. The van der Waals surface area contributed by atoms with Crippen LogP contribution in [0.25, 0.3) is 0 Å². The van der Waals surface area contributed by atoms with Crippen LogP contribution >= 0.6 is 22.6 Å². The first-order chi connectivity index (χ1) is 5.15. The van der Waals surface area contributed by atoms with Gasteiger partial charge in [-0.2, -0.15) is 0 Å². The van der Waals surface area contributed by atoms with Gasteiger partial charge in [-0.1, -0.05) is 13.0 Å². The molecule has 0 aliphatic carbocycles. The average Bonchev–Trinajstić information content (AvgIpc) is 2.28. The van der Waals surface area contributed by atoms with Gasteiger partial charge in [-0.25, -0.2) is 0 Å². The normalized spacial score (nSPS) is 32.3. The Labute approximate surface area is 80.1 Å². The highest BCUT2D eigenvalue weighted by Gasteiger charge is 2.32. The highest BCUT2D eigenvalue weighted by Crippen LogP contribution is 2.30. The highest BCUT2D eigenvalue weighted by atomic mass is 127. The first kappa shape index (κ1) is 9.03. The van der Waals surface area contributed by atoms with Gasteiger partial charge in [0, 0.05) is 9.50 Å². The van der Waals surface area contributed by atoms with E-state index in [0.29, 0.717) is 12.3 Å². The fourth-order valence-corrected chi connectivity index (χ4v) is 1.91. The van der Waals surface area contributed by atoms with Gasteiger partial charge in [-0.05, 0) is 29.5 Å². The van der Waals surface area contributed by atoms with Crippen LogP contribution in [0.15, 0.2) is 9.66 Å². The molecule has 0 bridgehead atoms. The molecule has 1 rings (SSSR count). The molecule has 0 unspecified atom stereocenters. The zero-order valence-electron chi connectivity index (χ0n) is 6.63. The molecule has 0 amide bonds. The van der Waals surface area contributed by atoms with E-state index in [1.54, 1.807) is 0 Å². The van der Waals surface area contributed by atoms with Gasteiger partial charge < -0.3 is 4.74 Å². The van der Waals surface area contributed by atoms with Crippen LogP contribution in [-0.4, -0.2) is 12.1 Å². The molecule has 0 N–H and O–H groups in total. The third-order valence-corrected chi connectivity index (χ3v) is 3.05. The van der Waals surface area contributed by atoms with Crippen molar-refractivity contribution >= 4 is 28.6 Å². The van der Waals surface area contributed by atoms with E-state index in [1.165, 1.54) is 0 Å². The number of ether oxygens (including phenoxy) is 1. The second-order valence-corrected chi connectivity index (χ2v) is 4.01. The molecule has 0 saturated carbocycles. The van der Waals surface area contributed by atoms with Crippen LogP contribution < -0.4 is 0 Å². The monoisotopic (exact) mass is 266 g/mol. The summed E-state index contributed by atoms with van der Waals surface area (Å²) < 4.78 is 6.24. The van der Waals surface area contributed by atoms with E-state index in [4.69, 9.17) is 4.74 Å². The molecule has 1 aliphatic heterocycles. The minimum absolute atomic E-state index is 0.0214. The lowest BCUT2D eigenvalue weighted by Crippen LogP contribution is -2.12. The Morgan fingerprint density at radius 1 is 1.82 bits per heavy atom. The lowest BCUT2D eigenvalue weighted by atomic mass is 10.0. The van der Waals surface area contributed by atoms with Gasteiger partial charge in [-0.3, -0.25) is 4.79 Å². The lowest BCUT2D eigenvalue weighted by Gasteiger charge is -2.11. The van der Waals surface area contributed by atoms with E-state index in [9.17, 15) is 4.79 Å². The van der Waals surface area contributed by atoms with Gasteiger partial charge in [-0.15, -0.1) is 0 Å². The standard InChI is InChI=1S/C8H11IO2/c1-3-6(9)8-5(2)4-7(10)11-8/h3,5,8H,4H2,1-2H3/b6-3-/t5-,8-/m1/s1. The highest BCUT2D eigenvalue weighted by molar-refractivity contribution is 14.1. The van der Waals surface area contributed by atoms with Crippen molar-refractivity contribution in [1.29, 1.82) is 0 Å². The van der Waals surface area contributed by atoms with Crippen molar-refractivity contribution in [2.45, 2.75) is 26.4 Å². The van der Waals surface area contributed by atoms with Crippen molar-refractivity contribution in [3.63, 3.8) is 0 Å². The van der Waals surface area contributed by atoms with Crippen molar-refractivity contribution in [3.8, 4) is 0 Å². The second-order valence-electron chi connectivity index (χ2n) is 2.77. The Bertz CT molecular complexity index is 198. The molecule has 1 saturated heterocycles. The number of hydrogen-bond acceptors (Lipinski definition) is 2. The predicted molar refractivity (Wildman–Crippen MR) is 51.4 cm³/mol. The molecule has 2 atom stereocenters. The molecule has 1 aliphatic rings. The van der Waals surface area contributed by atoms with Crippen molar-refractivity contribution in [2.75, 3.05) is 0 Å². The molecule has 1 heterocycles. The van der Waals surface area contributed by atoms with Crippen molar-refractivity contribution in [2.24, 2.45) is 5.92 Å². The van der Waals surface area contributed by atoms with Gasteiger partial charge in [0.2, 0.25) is 0 Å². The van der Waals surface area contributed by atoms with E-state index in [2.05, 4.69) is 22.6 Å². The summed E-state index contributed by atoms with van der Waals surface area (Å²) in [5.41, 5.74) is 0. The number of carbonyl (C=O) groups excluding carboxylic acids is 1. The van der Waals surface area contributed by atoms with Crippen molar-refractivity contribution in [1.82, 2.24) is 0 Å². The van der Waals surface area contributed by atoms with E-state index in [0.717, 1.165) is 3.58 Å². The Morgan fingerprint density at radius 2 is 2.45 bits per heavy atom. The number of carbonyl (C=O) groups is 1. The van der Waals surface area contributed by atoms with Gasteiger partial charge in [0.05, 0.1) is 6.42 Å². The third-order valence-electron chi connectivity index (χ3n) is 1.81. The number of hydrogen-bond donors (Lipinski definition) is 0. The summed E-state index contributed by atoms with van der Waals surface area (Å²) in [4.78, 5) is 10.8. The molecule has 62 valence electrons. The summed E-state index contributed by atoms with van der Waals surface area (Å²) in [6.07, 6.45) is 2.57. The first-order valence-electron chi connectivity index (χ1n) is 3.66. The number of allylic oxidation sites excluding steroid dienone is 1. The molecule has 3 heteroatoms. The smallest absolute Gasteiger partial charge is 0.306 e. The summed E-state index contributed by atoms with van der Waals surface area (Å²) in [5.74, 6) is 0.268. The summed E-state index contributed by atoms with van der Waals surface area (Å²) >= 11 is 2.22. The third kappa shape index (κ3) is 1.95. The predicted octanol–water partition coefficient (Wildman–Crippen LogP) is 2.28. The maximum atomic E-state index is 10.8. The largest absolute Gasteiger partial charge is 0.457 e. The SMILES string of the molecule is C/C=C(\I)[C@@H]1OC(=O)C[C@H]1C. The number of esters is 1. The second kappa shape index (κ2) is 3.56. The van der Waals surface area contributed by atoms with Crippen LogP contribution in [0.2, 0.25) is 0 Å². The molecular weight excluding hydrogens is 255 g/mol. The summed E-state index contributed by atoms with van der Waals surface area (Å²) in [5, 5.41) is 0. The molecule has 1 fully saturated rings. The molecule has 0 aromatic heterocycles. The van der Waals surface area contributed by atoms with Crippen LogP contribution in [0.4, 0.5) is 0 Å². The number of rotatable bonds is 1. The topological polar surface area (TPSA) is 26.3 Å². The number of halogens is 1. The fourth-order valence-electron chi connectivity index (χ4n) is 1.17. The molecule has 0 radical (unpaired) electrons. The van der Waals surface area contributed by atoms with Gasteiger partial charge in [0.1, 0.15) is 6.10 Å². The quantitative estimate of drug-likeness (QED) is 0.537. The van der Waals surface area contributed by atoms with Gasteiger partial charge >= 0.3 is 5.97 Å². The summed E-state index contributed by atoms with van der Waals surface area (Å²) in [6, 6.07) is 0. The van der Waals surface area contributed by atoms with Crippen LogP contribution in [0.3, 0.4) is 0 Å². The Balaban J connectivity index is 2.67. The maximum Gasteiger partial charge on any atom is 0.306 e. The first-order valence-corrected chi connectivity index (χ1v) is 4.74. The molecule has 0 spiro atoms. The fraction of sp³-hybridized carbons (Fsp3) is 0.625. The molecule has 0 aromatic rings. The zero-order valence-corrected chi connectivity index (χ0v) is 8.79. The minimum atomic E-state index is -0.0708. The summed E-state index contributed by atoms with van der Waals surface area (Å²) in [6.45, 7) is 4.00. The Hall–Kier alpha value is -0.0600. The van der Waals surface area contributed by atoms with Crippen LogP contribution in [-0.2, 0) is 9.53 Å². The van der Waals surface area contributed by atoms with E-state index in [-0.39, 0.29) is 12.1 Å². The van der Waals surface area contributed by atoms with E-state index >= 15 is 0 Å². The molecule has 2 nitrogen and oxygen atoms in total. The van der Waals surface area contributed by atoms with E-state index in [1.807, 2.05) is 19.9 Å². The lowest BCUT2D eigenvalue weighted by molar-refractivity contribution is -0.140. The van der Waals surface area contributed by atoms with E-state index < -0.39 is 0 Å². The molecule has 11 heavy (non-hydrogen) atoms. The maximum absolute atomic E-state index is 10.8. The zero-order chi connectivity index (χ0) is 8.43. The van der Waals surface area contributed by atoms with Crippen LogP contribution in [0, 0.1) is 5.92 Å². The Kier molecular flexibility index (Phi) is 2.92.